The third-order valence-corrected chi connectivity index (χ3v) is 2.26. The first-order valence-electron chi connectivity index (χ1n) is 3.99. The second-order valence-corrected chi connectivity index (χ2v) is 3.01. The highest BCUT2D eigenvalue weighted by Gasteiger charge is 2.23. The maximum atomic E-state index is 12.3. The third-order valence-electron chi connectivity index (χ3n) is 2.26. The quantitative estimate of drug-likeness (QED) is 0.628. The van der Waals surface area contributed by atoms with Gasteiger partial charge in [0, 0.05) is 6.42 Å². The summed E-state index contributed by atoms with van der Waals surface area (Å²) in [4.78, 5) is 0. The van der Waals surface area contributed by atoms with Crippen molar-refractivity contribution in [3.05, 3.63) is 35.7 Å². The summed E-state index contributed by atoms with van der Waals surface area (Å²) < 4.78 is 12.3. The van der Waals surface area contributed by atoms with E-state index in [-0.39, 0.29) is 0 Å². The van der Waals surface area contributed by atoms with Gasteiger partial charge in [0.25, 0.3) is 0 Å². The van der Waals surface area contributed by atoms with Gasteiger partial charge < -0.3 is 5.11 Å². The van der Waals surface area contributed by atoms with Crippen LogP contribution in [0.5, 0.6) is 0 Å². The van der Waals surface area contributed by atoms with Crippen LogP contribution in [0.3, 0.4) is 0 Å². The zero-order chi connectivity index (χ0) is 9.14. The van der Waals surface area contributed by atoms with Crippen molar-refractivity contribution in [1.82, 2.24) is 0 Å². The summed E-state index contributed by atoms with van der Waals surface area (Å²) in [5.41, 5.74) is 2.39. The Morgan fingerprint density at radius 3 is 2.92 bits per heavy atom. The van der Waals surface area contributed by atoms with Crippen molar-refractivity contribution in [1.29, 1.82) is 0 Å². The second kappa shape index (κ2) is 3.68. The number of halogens is 1. The van der Waals surface area contributed by atoms with Crippen molar-refractivity contribution < 1.29 is 9.50 Å². The minimum atomic E-state index is -0.498. The van der Waals surface area contributed by atoms with Crippen molar-refractivity contribution in [3.8, 4) is 0 Å². The van der Waals surface area contributed by atoms with E-state index in [1.54, 1.807) is 6.08 Å². The smallest absolute Gasteiger partial charge is 0.0902 e. The van der Waals surface area contributed by atoms with Gasteiger partial charge in [0.2, 0.25) is 0 Å². The van der Waals surface area contributed by atoms with Gasteiger partial charge in [0.1, 0.15) is 0 Å². The normalized spacial score (nSPS) is 26.9. The molecular weight excluding hydrogens is 155 g/mol. The van der Waals surface area contributed by atoms with Crippen LogP contribution in [-0.4, -0.2) is 11.2 Å². The summed E-state index contributed by atoms with van der Waals surface area (Å²) in [6.45, 7) is 5.42. The Bertz CT molecular complexity index is 251. The number of aliphatic hydroxyl groups excluding tert-OH is 1. The minimum Gasteiger partial charge on any atom is -0.388 e. The SMILES string of the molecule is C=CCC1=C(C)[C@@H](O)C/C1=C/F. The summed E-state index contributed by atoms with van der Waals surface area (Å²) >= 11 is 0. The van der Waals surface area contributed by atoms with E-state index in [2.05, 4.69) is 6.58 Å². The van der Waals surface area contributed by atoms with E-state index in [0.717, 1.165) is 11.1 Å². The van der Waals surface area contributed by atoms with Gasteiger partial charge in [0.05, 0.1) is 12.4 Å². The van der Waals surface area contributed by atoms with E-state index in [4.69, 9.17) is 0 Å². The van der Waals surface area contributed by atoms with Crippen LogP contribution in [0.1, 0.15) is 19.8 Å². The van der Waals surface area contributed by atoms with Crippen molar-refractivity contribution in [2.24, 2.45) is 0 Å². The van der Waals surface area contributed by atoms with Crippen LogP contribution in [0.2, 0.25) is 0 Å². The van der Waals surface area contributed by atoms with Crippen molar-refractivity contribution >= 4 is 0 Å². The molecule has 0 aliphatic heterocycles. The summed E-state index contributed by atoms with van der Waals surface area (Å²) in [5.74, 6) is 0. The fourth-order valence-corrected chi connectivity index (χ4v) is 1.49. The number of allylic oxidation sites excluding steroid dienone is 2. The average molecular weight is 168 g/mol. The highest BCUT2D eigenvalue weighted by atomic mass is 19.1. The van der Waals surface area contributed by atoms with Gasteiger partial charge in [0.15, 0.2) is 0 Å². The molecule has 0 aromatic heterocycles. The first kappa shape index (κ1) is 9.20. The molecule has 0 aromatic carbocycles. The van der Waals surface area contributed by atoms with Crippen molar-refractivity contribution in [2.45, 2.75) is 25.9 Å². The van der Waals surface area contributed by atoms with Crippen LogP contribution in [0.25, 0.3) is 0 Å². The molecule has 0 aromatic rings. The zero-order valence-corrected chi connectivity index (χ0v) is 7.18. The lowest BCUT2D eigenvalue weighted by Crippen LogP contribution is -2.01. The maximum Gasteiger partial charge on any atom is 0.0902 e. The van der Waals surface area contributed by atoms with Crippen LogP contribution < -0.4 is 0 Å². The van der Waals surface area contributed by atoms with Gasteiger partial charge in [-0.1, -0.05) is 6.08 Å². The summed E-state index contributed by atoms with van der Waals surface area (Å²) in [5, 5.41) is 9.40. The second-order valence-electron chi connectivity index (χ2n) is 3.01. The molecule has 0 bridgehead atoms. The monoisotopic (exact) mass is 168 g/mol. The van der Waals surface area contributed by atoms with Crippen molar-refractivity contribution in [2.75, 3.05) is 0 Å². The molecule has 0 saturated carbocycles. The molecule has 1 aliphatic carbocycles. The van der Waals surface area contributed by atoms with Gasteiger partial charge >= 0.3 is 0 Å². The predicted octanol–water partition coefficient (Wildman–Crippen LogP) is 2.50. The Kier molecular flexibility index (Phi) is 2.82. The highest BCUT2D eigenvalue weighted by Crippen LogP contribution is 2.33. The molecule has 1 N–H and O–H groups in total. The number of hydrogen-bond acceptors (Lipinski definition) is 1. The molecule has 0 spiro atoms. The van der Waals surface area contributed by atoms with Gasteiger partial charge in [-0.2, -0.15) is 0 Å². The molecule has 1 nitrogen and oxygen atoms in total. The fraction of sp³-hybridized carbons (Fsp3) is 0.400. The molecular formula is C10H13FO. The lowest BCUT2D eigenvalue weighted by Gasteiger charge is -2.00. The third kappa shape index (κ3) is 1.48. The molecule has 2 heteroatoms. The van der Waals surface area contributed by atoms with E-state index in [1.165, 1.54) is 0 Å². The van der Waals surface area contributed by atoms with Crippen LogP contribution in [0, 0.1) is 0 Å². The molecule has 0 radical (unpaired) electrons. The molecule has 0 saturated heterocycles. The standard InChI is InChI=1S/C10H13FO/c1-3-4-9-7(2)10(12)5-8(9)6-11/h3,6,10,12H,1,4-5H2,2H3/b8-6-/t10-/m0/s1. The summed E-state index contributed by atoms with van der Waals surface area (Å²) in [6, 6.07) is 0. The molecule has 12 heavy (non-hydrogen) atoms. The Balaban J connectivity index is 2.94. The van der Waals surface area contributed by atoms with E-state index in [1.807, 2.05) is 6.92 Å². The van der Waals surface area contributed by atoms with Gasteiger partial charge in [-0.25, -0.2) is 4.39 Å². The average Bonchev–Trinajstić information content (AvgIpc) is 2.33. The first-order valence-corrected chi connectivity index (χ1v) is 3.99. The molecule has 66 valence electrons. The van der Waals surface area contributed by atoms with E-state index >= 15 is 0 Å². The molecule has 1 rings (SSSR count). The molecule has 0 fully saturated rings. The minimum absolute atomic E-state index is 0.408. The van der Waals surface area contributed by atoms with E-state index in [0.29, 0.717) is 24.7 Å². The van der Waals surface area contributed by atoms with Gasteiger partial charge in [-0.05, 0) is 30.1 Å². The molecule has 0 amide bonds. The van der Waals surface area contributed by atoms with Crippen LogP contribution >= 0.6 is 0 Å². The zero-order valence-electron chi connectivity index (χ0n) is 7.18. The number of aliphatic hydroxyl groups is 1. The van der Waals surface area contributed by atoms with Gasteiger partial charge in [-0.15, -0.1) is 6.58 Å². The topological polar surface area (TPSA) is 20.2 Å². The Morgan fingerprint density at radius 2 is 2.42 bits per heavy atom. The number of rotatable bonds is 2. The first-order chi connectivity index (χ1) is 5.70. The Morgan fingerprint density at radius 1 is 1.75 bits per heavy atom. The highest BCUT2D eigenvalue weighted by molar-refractivity contribution is 5.43. The number of hydrogen-bond donors (Lipinski definition) is 1. The Labute approximate surface area is 71.9 Å². The fourth-order valence-electron chi connectivity index (χ4n) is 1.49. The van der Waals surface area contributed by atoms with E-state index in [9.17, 15) is 9.50 Å². The molecule has 0 heterocycles. The van der Waals surface area contributed by atoms with Crippen molar-refractivity contribution in [3.63, 3.8) is 0 Å². The summed E-state index contributed by atoms with van der Waals surface area (Å²) in [7, 11) is 0. The van der Waals surface area contributed by atoms with Gasteiger partial charge in [-0.3, -0.25) is 0 Å². The lowest BCUT2D eigenvalue weighted by molar-refractivity contribution is 0.218. The lowest BCUT2D eigenvalue weighted by atomic mass is 10.1. The van der Waals surface area contributed by atoms with Crippen LogP contribution in [-0.2, 0) is 0 Å². The molecule has 1 atom stereocenters. The maximum absolute atomic E-state index is 12.3. The summed E-state index contributed by atoms with van der Waals surface area (Å²) in [6.07, 6.45) is 2.85. The Hall–Kier alpha value is -0.890. The van der Waals surface area contributed by atoms with Crippen LogP contribution in [0.15, 0.2) is 35.7 Å². The molecule has 0 unspecified atom stereocenters. The van der Waals surface area contributed by atoms with E-state index < -0.39 is 6.10 Å². The molecule has 1 aliphatic rings. The predicted molar refractivity (Wildman–Crippen MR) is 47.3 cm³/mol. The van der Waals surface area contributed by atoms with Crippen LogP contribution in [0.4, 0.5) is 4.39 Å². The largest absolute Gasteiger partial charge is 0.388 e.